The van der Waals surface area contributed by atoms with Gasteiger partial charge in [-0.2, -0.15) is 9.36 Å². The third-order valence-corrected chi connectivity index (χ3v) is 3.36. The average molecular weight is 277 g/mol. The molecule has 0 aromatic carbocycles. The number of carbonyl (C=O) groups is 1. The normalized spacial score (nSPS) is 10.3. The zero-order valence-electron chi connectivity index (χ0n) is 9.75. The summed E-state index contributed by atoms with van der Waals surface area (Å²) in [5.41, 5.74) is 0. The molecule has 1 aromatic rings. The van der Waals surface area contributed by atoms with Crippen LogP contribution in [-0.4, -0.2) is 51.9 Å². The summed E-state index contributed by atoms with van der Waals surface area (Å²) >= 11 is 2.10. The largest absolute Gasteiger partial charge is 0.469 e. The van der Waals surface area contributed by atoms with Crippen molar-refractivity contribution in [3.05, 3.63) is 0 Å². The summed E-state index contributed by atoms with van der Waals surface area (Å²) in [6, 6.07) is 0. The number of aliphatic hydroxyl groups is 1. The maximum absolute atomic E-state index is 11.4. The van der Waals surface area contributed by atoms with Gasteiger partial charge in [-0.3, -0.25) is 4.79 Å². The number of carbonyl (C=O) groups excluding carboxylic acids is 1. The van der Waals surface area contributed by atoms with E-state index in [1.165, 1.54) is 4.90 Å². The van der Waals surface area contributed by atoms with Gasteiger partial charge in [0.2, 0.25) is 5.16 Å². The lowest BCUT2D eigenvalue weighted by atomic mass is 10.3. The summed E-state index contributed by atoms with van der Waals surface area (Å²) in [7, 11) is 3.35. The molecule has 96 valence electrons. The highest BCUT2D eigenvalue weighted by Crippen LogP contribution is 2.23. The van der Waals surface area contributed by atoms with Crippen molar-refractivity contribution in [1.29, 1.82) is 0 Å². The van der Waals surface area contributed by atoms with Crippen LogP contribution in [0.15, 0.2) is 5.16 Å². The topological polar surface area (TPSA) is 75.6 Å². The number of thioether (sulfide) groups is 1. The van der Waals surface area contributed by atoms with Crippen LogP contribution in [0, 0.1) is 0 Å². The molecule has 0 saturated heterocycles. The third-order valence-electron chi connectivity index (χ3n) is 1.71. The number of ether oxygens (including phenoxy) is 1. The smallest absolute Gasteiger partial charge is 0.293 e. The first-order valence-corrected chi connectivity index (χ1v) is 6.69. The number of nitrogens with zero attached hydrogens (tertiary/aromatic N) is 3. The molecular formula is C9H15N3O3S2. The summed E-state index contributed by atoms with van der Waals surface area (Å²) in [6.07, 6.45) is 1.48. The monoisotopic (exact) mass is 277 g/mol. The highest BCUT2D eigenvalue weighted by atomic mass is 32.2. The van der Waals surface area contributed by atoms with E-state index >= 15 is 0 Å². The second-order valence-corrected chi connectivity index (χ2v) is 5.02. The van der Waals surface area contributed by atoms with Crippen LogP contribution >= 0.6 is 23.3 Å². The molecule has 0 aliphatic rings. The maximum atomic E-state index is 11.4. The Balaban J connectivity index is 2.35. The predicted molar refractivity (Wildman–Crippen MR) is 66.7 cm³/mol. The van der Waals surface area contributed by atoms with E-state index in [-0.39, 0.29) is 11.8 Å². The molecule has 0 aliphatic heterocycles. The summed E-state index contributed by atoms with van der Waals surface area (Å²) in [4.78, 5) is 16.9. The van der Waals surface area contributed by atoms with Crippen LogP contribution in [0.3, 0.4) is 0 Å². The summed E-state index contributed by atoms with van der Waals surface area (Å²) < 4.78 is 9.34. The Hall–Kier alpha value is -0.860. The van der Waals surface area contributed by atoms with Gasteiger partial charge in [-0.05, 0) is 12.8 Å². The van der Waals surface area contributed by atoms with Crippen LogP contribution in [0.4, 0.5) is 4.79 Å². The van der Waals surface area contributed by atoms with Gasteiger partial charge < -0.3 is 14.7 Å². The molecule has 0 radical (unpaired) electrons. The molecule has 0 fully saturated rings. The minimum atomic E-state index is -0.116. The van der Waals surface area contributed by atoms with Gasteiger partial charge in [0.05, 0.1) is 6.61 Å². The van der Waals surface area contributed by atoms with Gasteiger partial charge in [-0.1, -0.05) is 0 Å². The van der Waals surface area contributed by atoms with Crippen LogP contribution in [0.25, 0.3) is 0 Å². The summed E-state index contributed by atoms with van der Waals surface area (Å²) in [5, 5.41) is 9.34. The van der Waals surface area contributed by atoms with Crippen LogP contribution < -0.4 is 4.74 Å². The van der Waals surface area contributed by atoms with Gasteiger partial charge in [0.1, 0.15) is 0 Å². The second kappa shape index (κ2) is 7.46. The van der Waals surface area contributed by atoms with E-state index in [1.807, 2.05) is 0 Å². The lowest BCUT2D eigenvalue weighted by Crippen LogP contribution is -2.16. The Morgan fingerprint density at radius 3 is 2.94 bits per heavy atom. The van der Waals surface area contributed by atoms with Crippen LogP contribution in [0.2, 0.25) is 0 Å². The Labute approximate surface area is 108 Å². The molecule has 1 amide bonds. The molecular weight excluding hydrogens is 262 g/mol. The van der Waals surface area contributed by atoms with Crippen molar-refractivity contribution < 1.29 is 14.6 Å². The molecule has 0 saturated carbocycles. The highest BCUT2D eigenvalue weighted by molar-refractivity contribution is 8.13. The molecule has 0 unspecified atom stereocenters. The fourth-order valence-electron chi connectivity index (χ4n) is 0.840. The van der Waals surface area contributed by atoms with E-state index in [0.717, 1.165) is 29.7 Å². The summed E-state index contributed by atoms with van der Waals surface area (Å²) in [6.45, 7) is 0.666. The molecule has 1 aromatic heterocycles. The number of hydrogen-bond acceptors (Lipinski definition) is 7. The standard InChI is InChI=1S/C9H15N3O3S2/c1-12(2)9(14)16-7-10-8(17-11-7)15-6-4-3-5-13/h13H,3-6H2,1-2H3. The fraction of sp³-hybridized carbons (Fsp3) is 0.667. The van der Waals surface area contributed by atoms with Crippen molar-refractivity contribution in [2.45, 2.75) is 18.0 Å². The lowest BCUT2D eigenvalue weighted by molar-refractivity contribution is 0.241. The minimum absolute atomic E-state index is 0.116. The fourth-order valence-corrected chi connectivity index (χ4v) is 2.09. The minimum Gasteiger partial charge on any atom is -0.469 e. The molecule has 1 rings (SSSR count). The Kier molecular flexibility index (Phi) is 6.23. The van der Waals surface area contributed by atoms with Crippen molar-refractivity contribution in [3.63, 3.8) is 0 Å². The molecule has 1 N–H and O–H groups in total. The van der Waals surface area contributed by atoms with Gasteiger partial charge in [0.25, 0.3) is 10.4 Å². The van der Waals surface area contributed by atoms with Crippen molar-refractivity contribution in [2.24, 2.45) is 0 Å². The van der Waals surface area contributed by atoms with Gasteiger partial charge >= 0.3 is 0 Å². The van der Waals surface area contributed by atoms with Crippen molar-refractivity contribution in [2.75, 3.05) is 27.3 Å². The first-order chi connectivity index (χ1) is 8.13. The number of hydrogen-bond donors (Lipinski definition) is 1. The van der Waals surface area contributed by atoms with Crippen LogP contribution in [-0.2, 0) is 0 Å². The van der Waals surface area contributed by atoms with E-state index in [0.29, 0.717) is 23.4 Å². The van der Waals surface area contributed by atoms with Crippen molar-refractivity contribution in [3.8, 4) is 5.19 Å². The van der Waals surface area contributed by atoms with Gasteiger partial charge in [0, 0.05) is 44.0 Å². The van der Waals surface area contributed by atoms with E-state index in [9.17, 15) is 4.79 Å². The Morgan fingerprint density at radius 2 is 2.29 bits per heavy atom. The van der Waals surface area contributed by atoms with Crippen LogP contribution in [0.5, 0.6) is 5.19 Å². The zero-order chi connectivity index (χ0) is 12.7. The SMILES string of the molecule is CN(C)C(=O)Sc1nsc(OCCCCO)n1. The number of rotatable bonds is 6. The third kappa shape index (κ3) is 5.33. The Morgan fingerprint density at radius 1 is 1.53 bits per heavy atom. The molecule has 17 heavy (non-hydrogen) atoms. The molecule has 0 bridgehead atoms. The number of aromatic nitrogens is 2. The molecule has 6 nitrogen and oxygen atoms in total. The van der Waals surface area contributed by atoms with Gasteiger partial charge in [-0.15, -0.1) is 0 Å². The van der Waals surface area contributed by atoms with Crippen molar-refractivity contribution >= 4 is 28.5 Å². The van der Waals surface area contributed by atoms with Gasteiger partial charge in [0.15, 0.2) is 0 Å². The summed E-state index contributed by atoms with van der Waals surface area (Å²) in [5.74, 6) is 0. The number of unbranched alkanes of at least 4 members (excludes halogenated alkanes) is 1. The van der Waals surface area contributed by atoms with E-state index in [1.54, 1.807) is 14.1 Å². The quantitative estimate of drug-likeness (QED) is 0.627. The lowest BCUT2D eigenvalue weighted by Gasteiger charge is -2.06. The predicted octanol–water partition coefficient (Wildman–Crippen LogP) is 1.46. The highest BCUT2D eigenvalue weighted by Gasteiger charge is 2.12. The second-order valence-electron chi connectivity index (χ2n) is 3.38. The van der Waals surface area contributed by atoms with E-state index in [2.05, 4.69) is 9.36 Å². The molecule has 0 atom stereocenters. The average Bonchev–Trinajstić information content (AvgIpc) is 2.72. The van der Waals surface area contributed by atoms with E-state index < -0.39 is 0 Å². The first kappa shape index (κ1) is 14.2. The van der Waals surface area contributed by atoms with Crippen molar-refractivity contribution in [1.82, 2.24) is 14.3 Å². The molecule has 8 heteroatoms. The van der Waals surface area contributed by atoms with Crippen LogP contribution in [0.1, 0.15) is 12.8 Å². The molecule has 0 spiro atoms. The number of aliphatic hydroxyl groups excluding tert-OH is 1. The zero-order valence-corrected chi connectivity index (χ0v) is 11.4. The van der Waals surface area contributed by atoms with E-state index in [4.69, 9.17) is 9.84 Å². The molecule has 1 heterocycles. The maximum Gasteiger partial charge on any atom is 0.293 e. The molecule has 0 aliphatic carbocycles. The Bertz CT molecular complexity index is 357. The van der Waals surface area contributed by atoms with Gasteiger partial charge in [-0.25, -0.2) is 0 Å². The number of amides is 1. The first-order valence-electron chi connectivity index (χ1n) is 5.10.